The molecule has 0 saturated heterocycles. The Morgan fingerprint density at radius 3 is 2.21 bits per heavy atom. The third kappa shape index (κ3) is 8.11. The van der Waals surface area contributed by atoms with Gasteiger partial charge >= 0.3 is 11.9 Å². The standard InChI is InChI=1S/C11H21N3O5/c12-6-2-1-3-8(11(18)19)14-10(17)7(13)4-5-9(15)16/h7-8H,1-6,12-13H2,(H,14,17)(H,15,16)(H,18,19)/t7-,8+/m0/s1. The van der Waals surface area contributed by atoms with Crippen LogP contribution in [0.3, 0.4) is 0 Å². The molecule has 110 valence electrons. The van der Waals surface area contributed by atoms with Crippen LogP contribution in [0.15, 0.2) is 0 Å². The molecule has 1 amide bonds. The number of carboxylic acid groups (broad SMARTS) is 2. The van der Waals surface area contributed by atoms with E-state index in [2.05, 4.69) is 5.32 Å². The van der Waals surface area contributed by atoms with Crippen molar-refractivity contribution >= 4 is 17.8 Å². The van der Waals surface area contributed by atoms with E-state index in [4.69, 9.17) is 21.7 Å². The fourth-order valence-corrected chi connectivity index (χ4v) is 1.44. The lowest BCUT2D eigenvalue weighted by molar-refractivity contribution is -0.142. The Balaban J connectivity index is 4.21. The number of hydrogen-bond donors (Lipinski definition) is 5. The van der Waals surface area contributed by atoms with Crippen LogP contribution in [-0.2, 0) is 14.4 Å². The summed E-state index contributed by atoms with van der Waals surface area (Å²) in [4.78, 5) is 32.9. The van der Waals surface area contributed by atoms with Gasteiger partial charge in [0.2, 0.25) is 5.91 Å². The summed E-state index contributed by atoms with van der Waals surface area (Å²) in [5.74, 6) is -2.85. The Hall–Kier alpha value is -1.67. The molecule has 0 aromatic rings. The molecule has 0 heterocycles. The number of rotatable bonds is 10. The molecule has 0 aliphatic heterocycles. The SMILES string of the molecule is NCCCC[C@@H](NC(=O)[C@@H](N)CCC(=O)O)C(=O)O. The second kappa shape index (κ2) is 9.29. The third-order valence-corrected chi connectivity index (χ3v) is 2.57. The van der Waals surface area contributed by atoms with Gasteiger partial charge in [-0.2, -0.15) is 0 Å². The normalized spacial score (nSPS) is 13.6. The molecular weight excluding hydrogens is 254 g/mol. The van der Waals surface area contributed by atoms with Gasteiger partial charge < -0.3 is 27.0 Å². The number of aliphatic carboxylic acids is 2. The van der Waals surface area contributed by atoms with Crippen molar-refractivity contribution in [2.75, 3.05) is 6.54 Å². The topological polar surface area (TPSA) is 156 Å². The van der Waals surface area contributed by atoms with Crippen LogP contribution in [0.1, 0.15) is 32.1 Å². The number of unbranched alkanes of at least 4 members (excludes halogenated alkanes) is 1. The maximum Gasteiger partial charge on any atom is 0.326 e. The molecule has 0 aromatic heterocycles. The van der Waals surface area contributed by atoms with E-state index in [1.54, 1.807) is 0 Å². The first-order valence-electron chi connectivity index (χ1n) is 6.09. The molecular formula is C11H21N3O5. The van der Waals surface area contributed by atoms with E-state index in [-0.39, 0.29) is 19.3 Å². The zero-order chi connectivity index (χ0) is 14.8. The van der Waals surface area contributed by atoms with Gasteiger partial charge in [-0.05, 0) is 32.2 Å². The summed E-state index contributed by atoms with van der Waals surface area (Å²) in [7, 11) is 0. The van der Waals surface area contributed by atoms with Crippen LogP contribution in [0, 0.1) is 0 Å². The molecule has 0 aliphatic rings. The number of nitrogens with one attached hydrogen (secondary N) is 1. The number of hydrogen-bond acceptors (Lipinski definition) is 5. The Bertz CT molecular complexity index is 321. The van der Waals surface area contributed by atoms with E-state index in [0.29, 0.717) is 19.4 Å². The predicted molar refractivity (Wildman–Crippen MR) is 67.3 cm³/mol. The Kier molecular flexibility index (Phi) is 8.47. The second-order valence-electron chi connectivity index (χ2n) is 4.22. The van der Waals surface area contributed by atoms with Gasteiger partial charge in [0.1, 0.15) is 6.04 Å². The van der Waals surface area contributed by atoms with E-state index in [0.717, 1.165) is 0 Å². The molecule has 0 aromatic carbocycles. The van der Waals surface area contributed by atoms with Crippen LogP contribution < -0.4 is 16.8 Å². The highest BCUT2D eigenvalue weighted by Gasteiger charge is 2.23. The molecule has 8 nitrogen and oxygen atoms in total. The lowest BCUT2D eigenvalue weighted by Crippen LogP contribution is -2.48. The molecule has 19 heavy (non-hydrogen) atoms. The number of carbonyl (C=O) groups excluding carboxylic acids is 1. The predicted octanol–water partition coefficient (Wildman–Crippen LogP) is -1.12. The molecule has 0 fully saturated rings. The first kappa shape index (κ1) is 17.3. The van der Waals surface area contributed by atoms with Gasteiger partial charge in [0, 0.05) is 6.42 Å². The highest BCUT2D eigenvalue weighted by Crippen LogP contribution is 2.02. The van der Waals surface area contributed by atoms with Crippen LogP contribution in [0.5, 0.6) is 0 Å². The third-order valence-electron chi connectivity index (χ3n) is 2.57. The van der Waals surface area contributed by atoms with Crippen LogP contribution in [0.25, 0.3) is 0 Å². The lowest BCUT2D eigenvalue weighted by atomic mass is 10.1. The molecule has 0 bridgehead atoms. The Labute approximate surface area is 111 Å². The number of carbonyl (C=O) groups is 3. The van der Waals surface area contributed by atoms with Gasteiger partial charge in [0.05, 0.1) is 6.04 Å². The Morgan fingerprint density at radius 2 is 1.74 bits per heavy atom. The summed E-state index contributed by atoms with van der Waals surface area (Å²) in [6.45, 7) is 0.457. The van der Waals surface area contributed by atoms with Crippen molar-refractivity contribution in [1.82, 2.24) is 5.32 Å². The van der Waals surface area contributed by atoms with Crippen LogP contribution >= 0.6 is 0 Å². The van der Waals surface area contributed by atoms with Crippen molar-refractivity contribution in [1.29, 1.82) is 0 Å². The van der Waals surface area contributed by atoms with E-state index in [9.17, 15) is 14.4 Å². The fraction of sp³-hybridized carbons (Fsp3) is 0.727. The summed E-state index contributed by atoms with van der Waals surface area (Å²) in [6, 6.07) is -2.04. The fourth-order valence-electron chi connectivity index (χ4n) is 1.44. The van der Waals surface area contributed by atoms with Crippen molar-refractivity contribution < 1.29 is 24.6 Å². The van der Waals surface area contributed by atoms with Crippen molar-refractivity contribution in [3.05, 3.63) is 0 Å². The van der Waals surface area contributed by atoms with Crippen molar-refractivity contribution in [3.8, 4) is 0 Å². The molecule has 0 unspecified atom stereocenters. The summed E-state index contributed by atoms with van der Waals surface area (Å²) in [6.07, 6.45) is 1.25. The molecule has 0 rings (SSSR count). The van der Waals surface area contributed by atoms with Gasteiger partial charge in [-0.25, -0.2) is 4.79 Å². The minimum absolute atomic E-state index is 0.0314. The quantitative estimate of drug-likeness (QED) is 0.316. The average molecular weight is 275 g/mol. The van der Waals surface area contributed by atoms with Crippen molar-refractivity contribution in [3.63, 3.8) is 0 Å². The van der Waals surface area contributed by atoms with Crippen LogP contribution in [-0.4, -0.2) is 46.7 Å². The van der Waals surface area contributed by atoms with Crippen molar-refractivity contribution in [2.45, 2.75) is 44.2 Å². The minimum Gasteiger partial charge on any atom is -0.481 e. The van der Waals surface area contributed by atoms with E-state index < -0.39 is 29.9 Å². The van der Waals surface area contributed by atoms with E-state index in [1.165, 1.54) is 0 Å². The average Bonchev–Trinajstić information content (AvgIpc) is 2.34. The van der Waals surface area contributed by atoms with E-state index in [1.807, 2.05) is 0 Å². The summed E-state index contributed by atoms with van der Waals surface area (Å²) in [5.41, 5.74) is 10.8. The molecule has 0 spiro atoms. The smallest absolute Gasteiger partial charge is 0.326 e. The number of nitrogens with two attached hydrogens (primary N) is 2. The second-order valence-corrected chi connectivity index (χ2v) is 4.22. The summed E-state index contributed by atoms with van der Waals surface area (Å²) < 4.78 is 0. The van der Waals surface area contributed by atoms with Gasteiger partial charge in [-0.1, -0.05) is 0 Å². The molecule has 7 N–H and O–H groups in total. The number of amides is 1. The zero-order valence-electron chi connectivity index (χ0n) is 10.7. The van der Waals surface area contributed by atoms with Crippen LogP contribution in [0.4, 0.5) is 0 Å². The molecule has 8 heteroatoms. The summed E-state index contributed by atoms with van der Waals surface area (Å²) >= 11 is 0. The summed E-state index contributed by atoms with van der Waals surface area (Å²) in [5, 5.41) is 19.7. The lowest BCUT2D eigenvalue weighted by Gasteiger charge is -2.17. The van der Waals surface area contributed by atoms with Gasteiger partial charge in [0.15, 0.2) is 0 Å². The largest absolute Gasteiger partial charge is 0.481 e. The van der Waals surface area contributed by atoms with Gasteiger partial charge in [-0.3, -0.25) is 9.59 Å². The monoisotopic (exact) mass is 275 g/mol. The van der Waals surface area contributed by atoms with Gasteiger partial charge in [0.25, 0.3) is 0 Å². The molecule has 0 saturated carbocycles. The highest BCUT2D eigenvalue weighted by atomic mass is 16.4. The molecule has 0 radical (unpaired) electrons. The Morgan fingerprint density at radius 1 is 1.11 bits per heavy atom. The van der Waals surface area contributed by atoms with Crippen molar-refractivity contribution in [2.24, 2.45) is 11.5 Å². The minimum atomic E-state index is -1.14. The number of carboxylic acids is 2. The van der Waals surface area contributed by atoms with Gasteiger partial charge in [-0.15, -0.1) is 0 Å². The van der Waals surface area contributed by atoms with Crippen LogP contribution in [0.2, 0.25) is 0 Å². The molecule has 0 aliphatic carbocycles. The zero-order valence-corrected chi connectivity index (χ0v) is 10.7. The van der Waals surface area contributed by atoms with E-state index >= 15 is 0 Å². The first-order valence-corrected chi connectivity index (χ1v) is 6.09. The molecule has 2 atom stereocenters. The maximum atomic E-state index is 11.6. The maximum absolute atomic E-state index is 11.6. The first-order chi connectivity index (χ1) is 8.88. The highest BCUT2D eigenvalue weighted by molar-refractivity contribution is 5.87.